The molecule has 0 aromatic rings. The Morgan fingerprint density at radius 1 is 1.38 bits per heavy atom. The number of unbranched alkanes of at least 4 members (excludes halogenated alkanes) is 1. The normalized spacial score (nSPS) is 23.2. The van der Waals surface area contributed by atoms with Gasteiger partial charge in [0.15, 0.2) is 6.29 Å². The molecule has 1 unspecified atom stereocenters. The maximum absolute atomic E-state index is 8.73. The monoisotopic (exact) mass is 230 g/mol. The lowest BCUT2D eigenvalue weighted by Gasteiger charge is -2.25. The molecule has 0 saturated carbocycles. The molecule has 3 nitrogen and oxygen atoms in total. The van der Waals surface area contributed by atoms with E-state index in [1.165, 1.54) is 12.8 Å². The van der Waals surface area contributed by atoms with Crippen LogP contribution in [0.1, 0.15) is 51.9 Å². The van der Waals surface area contributed by atoms with Gasteiger partial charge in [-0.1, -0.05) is 19.8 Å². The lowest BCUT2D eigenvalue weighted by Crippen LogP contribution is -2.25. The molecule has 0 amide bonds. The number of rotatable bonds is 8. The molecule has 3 heteroatoms. The smallest absolute Gasteiger partial charge is 0.157 e. The summed E-state index contributed by atoms with van der Waals surface area (Å²) in [4.78, 5) is 0. The zero-order valence-corrected chi connectivity index (χ0v) is 10.5. The molecule has 96 valence electrons. The molecule has 0 aromatic heterocycles. The first kappa shape index (κ1) is 13.9. The first-order chi connectivity index (χ1) is 7.86. The summed E-state index contributed by atoms with van der Waals surface area (Å²) in [5.74, 6) is 0.622. The Morgan fingerprint density at radius 2 is 2.25 bits per heavy atom. The summed E-state index contributed by atoms with van der Waals surface area (Å²) >= 11 is 0. The Bertz CT molecular complexity index is 155. The molecular formula is C13H26O3. The highest BCUT2D eigenvalue weighted by atomic mass is 16.7. The fraction of sp³-hybridized carbons (Fsp3) is 1.00. The third-order valence-electron chi connectivity index (χ3n) is 3.25. The van der Waals surface area contributed by atoms with E-state index < -0.39 is 0 Å². The van der Waals surface area contributed by atoms with Crippen molar-refractivity contribution >= 4 is 0 Å². The minimum Gasteiger partial charge on any atom is -0.396 e. The summed E-state index contributed by atoms with van der Waals surface area (Å²) in [6, 6.07) is 0. The van der Waals surface area contributed by atoms with Crippen LogP contribution in [-0.4, -0.2) is 31.2 Å². The third-order valence-corrected chi connectivity index (χ3v) is 3.25. The van der Waals surface area contributed by atoms with Gasteiger partial charge < -0.3 is 14.6 Å². The maximum Gasteiger partial charge on any atom is 0.157 e. The predicted octanol–water partition coefficient (Wildman–Crippen LogP) is 2.72. The van der Waals surface area contributed by atoms with Crippen molar-refractivity contribution in [3.63, 3.8) is 0 Å². The Balaban J connectivity index is 2.07. The Morgan fingerprint density at radius 3 is 2.88 bits per heavy atom. The van der Waals surface area contributed by atoms with Gasteiger partial charge in [-0.05, 0) is 38.0 Å². The van der Waals surface area contributed by atoms with Gasteiger partial charge in [-0.3, -0.25) is 0 Å². The van der Waals surface area contributed by atoms with Gasteiger partial charge in [0.25, 0.3) is 0 Å². The van der Waals surface area contributed by atoms with E-state index in [-0.39, 0.29) is 6.29 Å². The number of aliphatic hydroxyl groups excluding tert-OH is 1. The molecule has 1 aliphatic heterocycles. The summed E-state index contributed by atoms with van der Waals surface area (Å²) in [5.41, 5.74) is 0. The van der Waals surface area contributed by atoms with E-state index in [1.54, 1.807) is 0 Å². The fourth-order valence-corrected chi connectivity index (χ4v) is 2.04. The van der Waals surface area contributed by atoms with E-state index in [9.17, 15) is 0 Å². The second-order valence-electron chi connectivity index (χ2n) is 4.62. The highest BCUT2D eigenvalue weighted by Crippen LogP contribution is 2.18. The molecule has 0 spiro atoms. The molecule has 16 heavy (non-hydrogen) atoms. The van der Waals surface area contributed by atoms with E-state index in [2.05, 4.69) is 6.92 Å². The first-order valence-corrected chi connectivity index (χ1v) is 6.71. The van der Waals surface area contributed by atoms with E-state index in [0.717, 1.165) is 45.3 Å². The predicted molar refractivity (Wildman–Crippen MR) is 64.3 cm³/mol. The highest BCUT2D eigenvalue weighted by Gasteiger charge is 2.16. The standard InChI is InChI=1S/C13H26O3/c1-2-12(7-3-5-9-14)11-16-13-8-4-6-10-15-13/h12-14H,2-11H2,1H3/t12-,13?/m0/s1. The number of ether oxygens (including phenoxy) is 2. The molecule has 0 radical (unpaired) electrons. The largest absolute Gasteiger partial charge is 0.396 e. The van der Waals surface area contributed by atoms with Crippen LogP contribution in [0.4, 0.5) is 0 Å². The van der Waals surface area contributed by atoms with Crippen LogP contribution in [0.2, 0.25) is 0 Å². The molecule has 0 aliphatic carbocycles. The van der Waals surface area contributed by atoms with Gasteiger partial charge in [0.1, 0.15) is 0 Å². The fourth-order valence-electron chi connectivity index (χ4n) is 2.04. The van der Waals surface area contributed by atoms with E-state index in [1.807, 2.05) is 0 Å². The van der Waals surface area contributed by atoms with Crippen molar-refractivity contribution in [2.24, 2.45) is 5.92 Å². The van der Waals surface area contributed by atoms with Crippen LogP contribution >= 0.6 is 0 Å². The number of hydrogen-bond acceptors (Lipinski definition) is 3. The summed E-state index contributed by atoms with van der Waals surface area (Å²) in [6.07, 6.45) is 7.81. The van der Waals surface area contributed by atoms with Crippen molar-refractivity contribution in [1.29, 1.82) is 0 Å². The minimum atomic E-state index is 0.0423. The van der Waals surface area contributed by atoms with Crippen LogP contribution in [0.5, 0.6) is 0 Å². The van der Waals surface area contributed by atoms with Gasteiger partial charge >= 0.3 is 0 Å². The number of aliphatic hydroxyl groups is 1. The lowest BCUT2D eigenvalue weighted by atomic mass is 10.0. The number of hydrogen-bond donors (Lipinski definition) is 1. The SMILES string of the molecule is CC[C@@H](CCCCO)COC1CCCCO1. The van der Waals surface area contributed by atoms with Gasteiger partial charge in [-0.15, -0.1) is 0 Å². The van der Waals surface area contributed by atoms with Gasteiger partial charge in [-0.25, -0.2) is 0 Å². The van der Waals surface area contributed by atoms with Crippen LogP contribution < -0.4 is 0 Å². The van der Waals surface area contributed by atoms with Crippen LogP contribution in [0.3, 0.4) is 0 Å². The van der Waals surface area contributed by atoms with Crippen molar-refractivity contribution in [3.05, 3.63) is 0 Å². The van der Waals surface area contributed by atoms with Crippen LogP contribution in [-0.2, 0) is 9.47 Å². The molecule has 1 fully saturated rings. The summed E-state index contributed by atoms with van der Waals surface area (Å²) in [6.45, 7) is 4.18. The van der Waals surface area contributed by atoms with E-state index >= 15 is 0 Å². The van der Waals surface area contributed by atoms with Crippen LogP contribution in [0.25, 0.3) is 0 Å². The summed E-state index contributed by atoms with van der Waals surface area (Å²) < 4.78 is 11.3. The molecule has 1 aliphatic rings. The van der Waals surface area contributed by atoms with E-state index in [4.69, 9.17) is 14.6 Å². The van der Waals surface area contributed by atoms with E-state index in [0.29, 0.717) is 12.5 Å². The maximum atomic E-state index is 8.73. The molecule has 1 rings (SSSR count). The van der Waals surface area contributed by atoms with Crippen molar-refractivity contribution in [2.45, 2.75) is 58.2 Å². The molecule has 2 atom stereocenters. The topological polar surface area (TPSA) is 38.7 Å². The second kappa shape index (κ2) is 8.97. The first-order valence-electron chi connectivity index (χ1n) is 6.71. The second-order valence-corrected chi connectivity index (χ2v) is 4.62. The Hall–Kier alpha value is -0.120. The zero-order valence-electron chi connectivity index (χ0n) is 10.5. The van der Waals surface area contributed by atoms with Gasteiger partial charge in [0, 0.05) is 13.2 Å². The molecule has 0 bridgehead atoms. The quantitative estimate of drug-likeness (QED) is 0.652. The Labute approximate surface area is 99.1 Å². The summed E-state index contributed by atoms with van der Waals surface area (Å²) in [7, 11) is 0. The van der Waals surface area contributed by atoms with Gasteiger partial charge in [0.2, 0.25) is 0 Å². The molecule has 1 heterocycles. The molecule has 1 N–H and O–H groups in total. The molecule has 0 aromatic carbocycles. The molecule has 1 saturated heterocycles. The summed E-state index contributed by atoms with van der Waals surface area (Å²) in [5, 5.41) is 8.73. The van der Waals surface area contributed by atoms with Crippen molar-refractivity contribution in [2.75, 3.05) is 19.8 Å². The lowest BCUT2D eigenvalue weighted by molar-refractivity contribution is -0.169. The Kier molecular flexibility index (Phi) is 7.81. The van der Waals surface area contributed by atoms with Crippen LogP contribution in [0, 0.1) is 5.92 Å². The minimum absolute atomic E-state index is 0.0423. The van der Waals surface area contributed by atoms with Crippen LogP contribution in [0.15, 0.2) is 0 Å². The average Bonchev–Trinajstić information content (AvgIpc) is 2.35. The molecular weight excluding hydrogens is 204 g/mol. The van der Waals surface area contributed by atoms with Crippen molar-refractivity contribution in [1.82, 2.24) is 0 Å². The van der Waals surface area contributed by atoms with Gasteiger partial charge in [-0.2, -0.15) is 0 Å². The van der Waals surface area contributed by atoms with Gasteiger partial charge in [0.05, 0.1) is 6.61 Å². The highest BCUT2D eigenvalue weighted by molar-refractivity contribution is 4.59. The van der Waals surface area contributed by atoms with Crippen molar-refractivity contribution < 1.29 is 14.6 Å². The average molecular weight is 230 g/mol. The zero-order chi connectivity index (χ0) is 11.6. The van der Waals surface area contributed by atoms with Crippen molar-refractivity contribution in [3.8, 4) is 0 Å². The third kappa shape index (κ3) is 5.83.